The maximum Gasteiger partial charge on any atom is 0.356 e. The summed E-state index contributed by atoms with van der Waals surface area (Å²) >= 11 is 5.69. The molecule has 0 radical (unpaired) electrons. The minimum atomic E-state index is -0.743. The van der Waals surface area contributed by atoms with Gasteiger partial charge in [0, 0.05) is 11.5 Å². The summed E-state index contributed by atoms with van der Waals surface area (Å²) in [5.74, 6) is -2.14. The topological polar surface area (TPSA) is 65.5 Å². The number of hydrogen-bond donors (Lipinski definition) is 0. The van der Waals surface area contributed by atoms with Gasteiger partial charge in [-0.25, -0.2) is 19.0 Å². The highest BCUT2D eigenvalue weighted by molar-refractivity contribution is 6.31. The molecule has 104 valence electrons. The Labute approximate surface area is 118 Å². The Kier molecular flexibility index (Phi) is 3.85. The number of rotatable bonds is 2. The zero-order valence-corrected chi connectivity index (χ0v) is 11.3. The molecule has 20 heavy (non-hydrogen) atoms. The molecule has 7 heteroatoms. The lowest BCUT2D eigenvalue weighted by atomic mass is 10.1. The summed E-state index contributed by atoms with van der Waals surface area (Å²) in [4.78, 5) is 27.2. The monoisotopic (exact) mass is 297 g/mol. The van der Waals surface area contributed by atoms with Gasteiger partial charge in [0.25, 0.3) is 0 Å². The van der Waals surface area contributed by atoms with Crippen molar-refractivity contribution in [3.05, 3.63) is 40.3 Å². The third-order valence-electron chi connectivity index (χ3n) is 2.65. The standard InChI is InChI=1S/C13H9ClFNO4/c1-19-12(17)7-4-11(13(18)20-2)16-10-5-9(15)8(14)3-6(7)10/h3-5H,1-2H3. The van der Waals surface area contributed by atoms with E-state index in [1.54, 1.807) is 0 Å². The van der Waals surface area contributed by atoms with Crippen LogP contribution in [-0.4, -0.2) is 31.1 Å². The number of benzene rings is 1. The lowest BCUT2D eigenvalue weighted by Gasteiger charge is -2.08. The van der Waals surface area contributed by atoms with E-state index in [4.69, 9.17) is 11.6 Å². The second-order valence-corrected chi connectivity index (χ2v) is 4.23. The fourth-order valence-corrected chi connectivity index (χ4v) is 1.87. The van der Waals surface area contributed by atoms with Crippen LogP contribution < -0.4 is 0 Å². The number of methoxy groups -OCH3 is 2. The Morgan fingerprint density at radius 2 is 1.80 bits per heavy atom. The van der Waals surface area contributed by atoms with Crippen LogP contribution in [0.4, 0.5) is 4.39 Å². The zero-order valence-electron chi connectivity index (χ0n) is 10.6. The number of ether oxygens (including phenoxy) is 2. The van der Waals surface area contributed by atoms with Gasteiger partial charge in [0.15, 0.2) is 0 Å². The Morgan fingerprint density at radius 1 is 1.15 bits per heavy atom. The van der Waals surface area contributed by atoms with Gasteiger partial charge in [0.1, 0.15) is 11.5 Å². The van der Waals surface area contributed by atoms with Crippen molar-refractivity contribution in [1.29, 1.82) is 0 Å². The van der Waals surface area contributed by atoms with Crippen LogP contribution in [0.5, 0.6) is 0 Å². The molecule has 0 saturated heterocycles. The van der Waals surface area contributed by atoms with E-state index in [1.807, 2.05) is 0 Å². The van der Waals surface area contributed by atoms with E-state index in [0.717, 1.165) is 6.07 Å². The molecule has 0 atom stereocenters. The first-order valence-corrected chi connectivity index (χ1v) is 5.82. The van der Waals surface area contributed by atoms with E-state index in [-0.39, 0.29) is 27.2 Å². The molecule has 0 aliphatic rings. The highest BCUT2D eigenvalue weighted by Crippen LogP contribution is 2.26. The van der Waals surface area contributed by atoms with Gasteiger partial charge in [0.2, 0.25) is 0 Å². The van der Waals surface area contributed by atoms with Crippen LogP contribution in [0.15, 0.2) is 18.2 Å². The molecular formula is C13H9ClFNO4. The summed E-state index contributed by atoms with van der Waals surface area (Å²) in [6.07, 6.45) is 0. The van der Waals surface area contributed by atoms with Gasteiger partial charge in [-0.05, 0) is 12.1 Å². The van der Waals surface area contributed by atoms with Crippen molar-refractivity contribution in [2.24, 2.45) is 0 Å². The third kappa shape index (κ3) is 2.42. The van der Waals surface area contributed by atoms with E-state index in [1.165, 1.54) is 26.4 Å². The van der Waals surface area contributed by atoms with Crippen LogP contribution in [0, 0.1) is 5.82 Å². The molecule has 0 amide bonds. The molecule has 0 aliphatic carbocycles. The first-order valence-electron chi connectivity index (χ1n) is 5.44. The van der Waals surface area contributed by atoms with Crippen LogP contribution in [0.2, 0.25) is 5.02 Å². The molecule has 0 unspecified atom stereocenters. The average molecular weight is 298 g/mol. The number of aromatic nitrogens is 1. The van der Waals surface area contributed by atoms with Crippen molar-refractivity contribution in [3.8, 4) is 0 Å². The Hall–Kier alpha value is -2.21. The molecule has 0 N–H and O–H groups in total. The predicted molar refractivity (Wildman–Crippen MR) is 69.4 cm³/mol. The molecule has 0 bridgehead atoms. The Balaban J connectivity index is 2.81. The number of halogens is 2. The van der Waals surface area contributed by atoms with Gasteiger partial charge in [-0.2, -0.15) is 0 Å². The summed E-state index contributed by atoms with van der Waals surface area (Å²) in [7, 11) is 2.37. The van der Waals surface area contributed by atoms with E-state index in [2.05, 4.69) is 14.5 Å². The second kappa shape index (κ2) is 5.42. The first kappa shape index (κ1) is 14.2. The smallest absolute Gasteiger partial charge is 0.356 e. The summed E-state index contributed by atoms with van der Waals surface area (Å²) < 4.78 is 22.6. The van der Waals surface area contributed by atoms with Crippen molar-refractivity contribution in [1.82, 2.24) is 4.98 Å². The zero-order chi connectivity index (χ0) is 14.9. The van der Waals surface area contributed by atoms with Gasteiger partial charge in [-0.15, -0.1) is 0 Å². The molecule has 0 fully saturated rings. The number of nitrogens with zero attached hydrogens (tertiary/aromatic N) is 1. The lowest BCUT2D eigenvalue weighted by Crippen LogP contribution is -2.10. The SMILES string of the molecule is COC(=O)c1cc(C(=O)OC)c2cc(Cl)c(F)cc2n1. The van der Waals surface area contributed by atoms with Crippen molar-refractivity contribution >= 4 is 34.4 Å². The highest BCUT2D eigenvalue weighted by atomic mass is 35.5. The molecule has 1 aromatic carbocycles. The molecular weight excluding hydrogens is 289 g/mol. The van der Waals surface area contributed by atoms with Crippen LogP contribution in [0.25, 0.3) is 10.9 Å². The van der Waals surface area contributed by atoms with Crippen molar-refractivity contribution in [3.63, 3.8) is 0 Å². The molecule has 1 aromatic heterocycles. The van der Waals surface area contributed by atoms with Crippen molar-refractivity contribution in [2.75, 3.05) is 14.2 Å². The number of hydrogen-bond acceptors (Lipinski definition) is 5. The molecule has 5 nitrogen and oxygen atoms in total. The van der Waals surface area contributed by atoms with Crippen LogP contribution in [0.1, 0.15) is 20.8 Å². The largest absolute Gasteiger partial charge is 0.465 e. The molecule has 2 rings (SSSR count). The van der Waals surface area contributed by atoms with E-state index < -0.39 is 17.8 Å². The van der Waals surface area contributed by atoms with Crippen molar-refractivity contribution in [2.45, 2.75) is 0 Å². The van der Waals surface area contributed by atoms with E-state index >= 15 is 0 Å². The normalized spacial score (nSPS) is 10.4. The second-order valence-electron chi connectivity index (χ2n) is 3.82. The van der Waals surface area contributed by atoms with Gasteiger partial charge < -0.3 is 9.47 Å². The maximum atomic E-state index is 13.5. The molecule has 1 heterocycles. The van der Waals surface area contributed by atoms with Crippen molar-refractivity contribution < 1.29 is 23.5 Å². The Bertz CT molecular complexity index is 717. The number of esters is 2. The number of carbonyl (C=O) groups excluding carboxylic acids is 2. The van der Waals surface area contributed by atoms with E-state index in [0.29, 0.717) is 0 Å². The number of carbonyl (C=O) groups is 2. The van der Waals surface area contributed by atoms with E-state index in [9.17, 15) is 14.0 Å². The summed E-state index contributed by atoms with van der Waals surface area (Å²) in [6, 6.07) is 3.51. The molecule has 0 aliphatic heterocycles. The highest BCUT2D eigenvalue weighted by Gasteiger charge is 2.18. The van der Waals surface area contributed by atoms with Gasteiger partial charge in [-0.1, -0.05) is 11.6 Å². The third-order valence-corrected chi connectivity index (χ3v) is 2.94. The number of pyridine rings is 1. The minimum absolute atomic E-state index is 0.0554. The minimum Gasteiger partial charge on any atom is -0.465 e. The fraction of sp³-hybridized carbons (Fsp3) is 0.154. The summed E-state index contributed by atoms with van der Waals surface area (Å²) in [5.41, 5.74) is 0.0390. The Morgan fingerprint density at radius 3 is 2.40 bits per heavy atom. The summed E-state index contributed by atoms with van der Waals surface area (Å²) in [5, 5.41) is 0.131. The van der Waals surface area contributed by atoms with Crippen LogP contribution in [0.3, 0.4) is 0 Å². The number of fused-ring (bicyclic) bond motifs is 1. The average Bonchev–Trinajstić information content (AvgIpc) is 2.45. The molecule has 2 aromatic rings. The van der Waals surface area contributed by atoms with Crippen LogP contribution in [-0.2, 0) is 9.47 Å². The van der Waals surface area contributed by atoms with Gasteiger partial charge in [0.05, 0.1) is 30.3 Å². The first-order chi connectivity index (χ1) is 9.47. The van der Waals surface area contributed by atoms with Gasteiger partial charge in [-0.3, -0.25) is 0 Å². The van der Waals surface area contributed by atoms with Crippen LogP contribution >= 0.6 is 11.6 Å². The maximum absolute atomic E-state index is 13.5. The summed E-state index contributed by atoms with van der Waals surface area (Å²) in [6.45, 7) is 0. The fourth-order valence-electron chi connectivity index (χ4n) is 1.71. The molecule has 0 spiro atoms. The molecule has 0 saturated carbocycles. The van der Waals surface area contributed by atoms with Gasteiger partial charge >= 0.3 is 11.9 Å². The predicted octanol–water partition coefficient (Wildman–Crippen LogP) is 2.60. The quantitative estimate of drug-likeness (QED) is 0.797. The lowest BCUT2D eigenvalue weighted by molar-refractivity contribution is 0.0594.